The minimum atomic E-state index is -5.08. The van der Waals surface area contributed by atoms with Crippen molar-refractivity contribution in [2.75, 3.05) is 11.5 Å². The van der Waals surface area contributed by atoms with Gasteiger partial charge in [0.2, 0.25) is 0 Å². The Hall–Kier alpha value is -3.56. The van der Waals surface area contributed by atoms with E-state index in [-0.39, 0.29) is 11.4 Å². The summed E-state index contributed by atoms with van der Waals surface area (Å²) in [6.07, 6.45) is -9.83. The molecule has 0 radical (unpaired) electrons. The summed E-state index contributed by atoms with van der Waals surface area (Å²) in [6.45, 7) is 0. The molecule has 0 spiro atoms. The smallest absolute Gasteiger partial charge is 0.416 e. The fourth-order valence-corrected chi connectivity index (χ4v) is 3.48. The van der Waals surface area contributed by atoms with Crippen LogP contribution in [0.2, 0.25) is 0 Å². The van der Waals surface area contributed by atoms with Crippen molar-refractivity contribution in [2.45, 2.75) is 17.8 Å². The zero-order chi connectivity index (χ0) is 23.2. The molecule has 0 aliphatic rings. The van der Waals surface area contributed by atoms with Crippen LogP contribution in [0.15, 0.2) is 60.7 Å². The minimum absolute atomic E-state index is 0.357. The number of halogens is 6. The minimum Gasteiger partial charge on any atom is -0.506 e. The maximum Gasteiger partial charge on any atom is 0.416 e. The lowest BCUT2D eigenvalue weighted by atomic mass is 9.68. The summed E-state index contributed by atoms with van der Waals surface area (Å²) in [6, 6.07) is 8.18. The topological polar surface area (TPSA) is 92.5 Å². The SMILES string of the molecule is Nc1cc(C(c2ccc(C(F)(F)F)cc2)(c2ccc(O)c(N)c2)C(F)(F)F)ccc1O. The van der Waals surface area contributed by atoms with Gasteiger partial charge in [0.15, 0.2) is 0 Å². The maximum absolute atomic E-state index is 14.8. The Balaban J connectivity index is 2.43. The van der Waals surface area contributed by atoms with Crippen molar-refractivity contribution in [1.29, 1.82) is 0 Å². The van der Waals surface area contributed by atoms with Gasteiger partial charge in [0.25, 0.3) is 0 Å². The Morgan fingerprint density at radius 2 is 0.903 bits per heavy atom. The average Bonchev–Trinajstić information content (AvgIpc) is 2.66. The first-order valence-corrected chi connectivity index (χ1v) is 8.71. The number of anilines is 2. The summed E-state index contributed by atoms with van der Waals surface area (Å²) >= 11 is 0. The molecule has 31 heavy (non-hydrogen) atoms. The second-order valence-corrected chi connectivity index (χ2v) is 6.87. The monoisotopic (exact) mass is 442 g/mol. The van der Waals surface area contributed by atoms with Crippen LogP contribution in [0.1, 0.15) is 22.3 Å². The molecule has 0 heterocycles. The van der Waals surface area contributed by atoms with Gasteiger partial charge in [-0.3, -0.25) is 0 Å². The quantitative estimate of drug-likeness (QED) is 0.195. The molecule has 0 aromatic heterocycles. The number of rotatable bonds is 3. The zero-order valence-electron chi connectivity index (χ0n) is 15.6. The van der Waals surface area contributed by atoms with Gasteiger partial charge >= 0.3 is 12.4 Å². The summed E-state index contributed by atoms with van der Waals surface area (Å²) in [5.74, 6) is -0.921. The van der Waals surface area contributed by atoms with Crippen molar-refractivity contribution >= 4 is 11.4 Å². The number of nitrogen functional groups attached to an aromatic ring is 2. The van der Waals surface area contributed by atoms with Crippen LogP contribution in [-0.4, -0.2) is 16.4 Å². The standard InChI is InChI=1S/C21H16F6N2O2/c22-20(23,24)12-3-1-11(2-4-12)19(21(25,26)27,13-5-7-17(30)15(28)9-13)14-6-8-18(31)16(29)10-14/h1-10,30-31H,28-29H2. The number of nitrogens with two attached hydrogens (primary N) is 2. The third kappa shape index (κ3) is 3.69. The van der Waals surface area contributed by atoms with Crippen LogP contribution in [0.4, 0.5) is 37.7 Å². The Labute approximate surface area is 172 Å². The molecule has 0 amide bonds. The molecule has 3 aromatic carbocycles. The van der Waals surface area contributed by atoms with Crippen LogP contribution < -0.4 is 11.5 Å². The molecule has 10 heteroatoms. The van der Waals surface area contributed by atoms with Gasteiger partial charge in [0.1, 0.15) is 16.9 Å². The van der Waals surface area contributed by atoms with Crippen LogP contribution in [0.25, 0.3) is 0 Å². The first-order valence-electron chi connectivity index (χ1n) is 8.71. The molecule has 0 atom stereocenters. The maximum atomic E-state index is 14.8. The molecular weight excluding hydrogens is 426 g/mol. The Kier molecular flexibility index (Phi) is 5.21. The molecule has 0 aliphatic heterocycles. The van der Waals surface area contributed by atoms with Crippen molar-refractivity contribution in [3.8, 4) is 11.5 Å². The molecule has 4 nitrogen and oxygen atoms in total. The summed E-state index contributed by atoms with van der Waals surface area (Å²) in [7, 11) is 0. The number of alkyl halides is 6. The lowest BCUT2D eigenvalue weighted by molar-refractivity contribution is -0.166. The van der Waals surface area contributed by atoms with E-state index < -0.39 is 51.5 Å². The van der Waals surface area contributed by atoms with Crippen LogP contribution >= 0.6 is 0 Å². The van der Waals surface area contributed by atoms with Crippen molar-refractivity contribution in [1.82, 2.24) is 0 Å². The number of aromatic hydroxyl groups is 2. The first kappa shape index (κ1) is 22.1. The lowest BCUT2D eigenvalue weighted by Gasteiger charge is -2.38. The average molecular weight is 442 g/mol. The van der Waals surface area contributed by atoms with Crippen molar-refractivity contribution in [3.63, 3.8) is 0 Å². The number of benzene rings is 3. The molecule has 0 aliphatic carbocycles. The van der Waals surface area contributed by atoms with E-state index in [9.17, 15) is 36.6 Å². The molecule has 0 unspecified atom stereocenters. The summed E-state index contributed by atoms with van der Waals surface area (Å²) in [5.41, 5.74) is 4.95. The van der Waals surface area contributed by atoms with E-state index in [1.54, 1.807) is 0 Å². The van der Waals surface area contributed by atoms with Gasteiger partial charge < -0.3 is 21.7 Å². The molecule has 0 saturated carbocycles. The first-order chi connectivity index (χ1) is 14.3. The van der Waals surface area contributed by atoms with Gasteiger partial charge in [-0.2, -0.15) is 26.3 Å². The van der Waals surface area contributed by atoms with E-state index in [0.717, 1.165) is 48.5 Å². The van der Waals surface area contributed by atoms with Crippen LogP contribution in [0.3, 0.4) is 0 Å². The van der Waals surface area contributed by atoms with Crippen LogP contribution in [0.5, 0.6) is 11.5 Å². The number of phenols is 2. The summed E-state index contributed by atoms with van der Waals surface area (Å²) in [5, 5.41) is 19.4. The van der Waals surface area contributed by atoms with Gasteiger partial charge in [0.05, 0.1) is 16.9 Å². The van der Waals surface area contributed by atoms with E-state index in [2.05, 4.69) is 0 Å². The summed E-state index contributed by atoms with van der Waals surface area (Å²) in [4.78, 5) is 0. The van der Waals surface area contributed by atoms with Gasteiger partial charge in [-0.1, -0.05) is 24.3 Å². The second-order valence-electron chi connectivity index (χ2n) is 6.87. The number of hydrogen-bond acceptors (Lipinski definition) is 4. The Bertz CT molecular complexity index is 1060. The van der Waals surface area contributed by atoms with E-state index in [1.807, 2.05) is 0 Å². The number of phenolic OH excluding ortho intramolecular Hbond substituents is 2. The second kappa shape index (κ2) is 7.29. The highest BCUT2D eigenvalue weighted by atomic mass is 19.4. The van der Waals surface area contributed by atoms with Gasteiger partial charge in [-0.05, 0) is 53.1 Å². The van der Waals surface area contributed by atoms with Crippen molar-refractivity contribution in [2.24, 2.45) is 0 Å². The molecule has 0 bridgehead atoms. The molecule has 0 saturated heterocycles. The van der Waals surface area contributed by atoms with Gasteiger partial charge in [0, 0.05) is 0 Å². The molecule has 164 valence electrons. The largest absolute Gasteiger partial charge is 0.506 e. The lowest BCUT2D eigenvalue weighted by Crippen LogP contribution is -2.44. The van der Waals surface area contributed by atoms with E-state index in [1.165, 1.54) is 0 Å². The summed E-state index contributed by atoms with van der Waals surface area (Å²) < 4.78 is 83.3. The highest BCUT2D eigenvalue weighted by Crippen LogP contribution is 2.53. The van der Waals surface area contributed by atoms with Crippen molar-refractivity contribution in [3.05, 3.63) is 82.9 Å². The highest BCUT2D eigenvalue weighted by Gasteiger charge is 2.58. The van der Waals surface area contributed by atoms with Crippen LogP contribution in [0, 0.1) is 0 Å². The van der Waals surface area contributed by atoms with Crippen molar-refractivity contribution < 1.29 is 36.6 Å². The Morgan fingerprint density at radius 1 is 0.548 bits per heavy atom. The normalized spacial score (nSPS) is 12.7. The van der Waals surface area contributed by atoms with E-state index in [4.69, 9.17) is 11.5 Å². The van der Waals surface area contributed by atoms with E-state index >= 15 is 0 Å². The van der Waals surface area contributed by atoms with E-state index in [0.29, 0.717) is 12.1 Å². The van der Waals surface area contributed by atoms with Gasteiger partial charge in [-0.15, -0.1) is 0 Å². The molecular formula is C21H16F6N2O2. The predicted molar refractivity (Wildman–Crippen MR) is 102 cm³/mol. The fourth-order valence-electron chi connectivity index (χ4n) is 3.48. The zero-order valence-corrected chi connectivity index (χ0v) is 15.6. The van der Waals surface area contributed by atoms with Gasteiger partial charge in [-0.25, -0.2) is 0 Å². The molecule has 0 fully saturated rings. The Morgan fingerprint density at radius 3 is 1.23 bits per heavy atom. The third-order valence-corrected chi connectivity index (χ3v) is 4.99. The number of hydrogen-bond donors (Lipinski definition) is 4. The molecule has 3 aromatic rings. The molecule has 6 N–H and O–H groups in total. The predicted octanol–water partition coefficient (Wildman–Crippen LogP) is 5.18. The molecule has 3 rings (SSSR count). The van der Waals surface area contributed by atoms with Crippen LogP contribution in [-0.2, 0) is 11.6 Å². The third-order valence-electron chi connectivity index (χ3n) is 4.99. The highest BCUT2D eigenvalue weighted by molar-refractivity contribution is 5.64. The fraction of sp³-hybridized carbons (Fsp3) is 0.143.